The van der Waals surface area contributed by atoms with Crippen LogP contribution in [-0.4, -0.2) is 48.3 Å². The molecule has 0 aromatic heterocycles. The molecule has 96 valence electrons. The highest BCUT2D eigenvalue weighted by Crippen LogP contribution is 2.23. The van der Waals surface area contributed by atoms with Crippen molar-refractivity contribution < 1.29 is 4.74 Å². The summed E-state index contributed by atoms with van der Waals surface area (Å²) in [6.07, 6.45) is 2.96. The third kappa shape index (κ3) is 3.67. The van der Waals surface area contributed by atoms with Gasteiger partial charge in [-0.1, -0.05) is 0 Å². The lowest BCUT2D eigenvalue weighted by molar-refractivity contribution is -0.0715. The fraction of sp³-hybridized carbons (Fsp3) is 0.923. The third-order valence-corrected chi connectivity index (χ3v) is 3.38. The van der Waals surface area contributed by atoms with Crippen LogP contribution in [0, 0.1) is 11.3 Å². The molecule has 1 aliphatic heterocycles. The van der Waals surface area contributed by atoms with Crippen LogP contribution in [0.3, 0.4) is 0 Å². The lowest BCUT2D eigenvalue weighted by atomic mass is 10.0. The van der Waals surface area contributed by atoms with Gasteiger partial charge in [0.2, 0.25) is 0 Å². The van der Waals surface area contributed by atoms with E-state index in [4.69, 9.17) is 4.74 Å². The van der Waals surface area contributed by atoms with Crippen molar-refractivity contribution >= 4 is 0 Å². The van der Waals surface area contributed by atoms with Crippen molar-refractivity contribution in [3.63, 3.8) is 0 Å². The Morgan fingerprint density at radius 2 is 1.94 bits per heavy atom. The van der Waals surface area contributed by atoms with Gasteiger partial charge >= 0.3 is 0 Å². The molecule has 2 rings (SSSR count). The van der Waals surface area contributed by atoms with Crippen molar-refractivity contribution in [1.82, 2.24) is 10.2 Å². The average Bonchev–Trinajstić information content (AvgIpc) is 2.99. The van der Waals surface area contributed by atoms with Gasteiger partial charge in [-0.25, -0.2) is 0 Å². The number of hydrogen-bond donors (Lipinski definition) is 1. The quantitative estimate of drug-likeness (QED) is 0.796. The topological polar surface area (TPSA) is 48.3 Å². The Morgan fingerprint density at radius 1 is 1.35 bits per heavy atom. The molecule has 0 aromatic carbocycles. The number of hydrogen-bond acceptors (Lipinski definition) is 4. The highest BCUT2D eigenvalue weighted by Gasteiger charge is 2.35. The Labute approximate surface area is 104 Å². The number of nitrogens with zero attached hydrogens (tertiary/aromatic N) is 2. The summed E-state index contributed by atoms with van der Waals surface area (Å²) in [5.41, 5.74) is -0.419. The standard InChI is InChI=1S/C13H23N3O/c1-10-6-16(7-11(2)17-10)9-13(3,8-14)15-12-4-5-12/h10-12,15H,4-7,9H2,1-3H3/t10-,11+,13?. The minimum absolute atomic E-state index is 0.266. The molecule has 1 saturated carbocycles. The molecule has 1 N–H and O–H groups in total. The average molecular weight is 237 g/mol. The fourth-order valence-corrected chi connectivity index (χ4v) is 2.65. The Bertz CT molecular complexity index is 300. The van der Waals surface area contributed by atoms with Gasteiger partial charge in [-0.05, 0) is 33.6 Å². The van der Waals surface area contributed by atoms with Crippen LogP contribution < -0.4 is 5.32 Å². The zero-order chi connectivity index (χ0) is 12.5. The molecule has 2 aliphatic rings. The molecule has 1 unspecified atom stereocenters. The maximum absolute atomic E-state index is 9.35. The minimum Gasteiger partial charge on any atom is -0.373 e. The highest BCUT2D eigenvalue weighted by molar-refractivity contribution is 5.09. The summed E-state index contributed by atoms with van der Waals surface area (Å²) in [6.45, 7) is 8.84. The largest absolute Gasteiger partial charge is 0.373 e. The molecule has 0 aromatic rings. The number of ether oxygens (including phenoxy) is 1. The van der Waals surface area contributed by atoms with Gasteiger partial charge in [0.25, 0.3) is 0 Å². The van der Waals surface area contributed by atoms with E-state index in [-0.39, 0.29) is 12.2 Å². The zero-order valence-electron chi connectivity index (χ0n) is 11.1. The van der Waals surface area contributed by atoms with Gasteiger partial charge in [0.05, 0.1) is 18.3 Å². The van der Waals surface area contributed by atoms with Gasteiger partial charge in [0.15, 0.2) is 0 Å². The number of morpholine rings is 1. The van der Waals surface area contributed by atoms with Crippen molar-refractivity contribution in [2.75, 3.05) is 19.6 Å². The van der Waals surface area contributed by atoms with Gasteiger partial charge < -0.3 is 4.74 Å². The van der Waals surface area contributed by atoms with E-state index in [1.54, 1.807) is 0 Å². The monoisotopic (exact) mass is 237 g/mol. The Kier molecular flexibility index (Phi) is 3.72. The van der Waals surface area contributed by atoms with Crippen molar-refractivity contribution in [2.24, 2.45) is 0 Å². The third-order valence-electron chi connectivity index (χ3n) is 3.38. The summed E-state index contributed by atoms with van der Waals surface area (Å²) in [5.74, 6) is 0. The summed E-state index contributed by atoms with van der Waals surface area (Å²) in [7, 11) is 0. The summed E-state index contributed by atoms with van der Waals surface area (Å²) < 4.78 is 5.71. The molecule has 0 amide bonds. The summed E-state index contributed by atoms with van der Waals surface area (Å²) in [5, 5.41) is 12.8. The second kappa shape index (κ2) is 4.93. The number of nitrogens with one attached hydrogen (secondary N) is 1. The first-order chi connectivity index (χ1) is 8.00. The number of rotatable bonds is 4. The van der Waals surface area contributed by atoms with E-state index in [1.807, 2.05) is 6.92 Å². The first kappa shape index (κ1) is 12.8. The second-order valence-electron chi connectivity index (χ2n) is 5.81. The Morgan fingerprint density at radius 3 is 2.41 bits per heavy atom. The molecular formula is C13H23N3O. The van der Waals surface area contributed by atoms with Crippen molar-refractivity contribution in [1.29, 1.82) is 5.26 Å². The van der Waals surface area contributed by atoms with Crippen LogP contribution in [0.5, 0.6) is 0 Å². The lowest BCUT2D eigenvalue weighted by Crippen LogP contribution is -2.56. The summed E-state index contributed by atoms with van der Waals surface area (Å²) in [6, 6.07) is 3.00. The van der Waals surface area contributed by atoms with E-state index in [9.17, 15) is 5.26 Å². The van der Waals surface area contributed by atoms with Crippen molar-refractivity contribution in [2.45, 2.75) is 57.4 Å². The molecule has 1 saturated heterocycles. The lowest BCUT2D eigenvalue weighted by Gasteiger charge is -2.39. The zero-order valence-corrected chi connectivity index (χ0v) is 11.1. The fourth-order valence-electron chi connectivity index (χ4n) is 2.65. The molecule has 2 fully saturated rings. The Balaban J connectivity index is 1.90. The smallest absolute Gasteiger partial charge is 0.116 e. The highest BCUT2D eigenvalue weighted by atomic mass is 16.5. The normalized spacial score (nSPS) is 34.0. The predicted molar refractivity (Wildman–Crippen MR) is 66.6 cm³/mol. The van der Waals surface area contributed by atoms with Crippen LogP contribution in [0.15, 0.2) is 0 Å². The van der Waals surface area contributed by atoms with Crippen LogP contribution in [0.25, 0.3) is 0 Å². The van der Waals surface area contributed by atoms with Crippen molar-refractivity contribution in [3.05, 3.63) is 0 Å². The minimum atomic E-state index is -0.419. The first-order valence-corrected chi connectivity index (χ1v) is 6.57. The maximum atomic E-state index is 9.35. The van der Waals surface area contributed by atoms with Crippen LogP contribution in [0.1, 0.15) is 33.6 Å². The van der Waals surface area contributed by atoms with Gasteiger partial charge in [0, 0.05) is 25.7 Å². The van der Waals surface area contributed by atoms with Crippen LogP contribution in [-0.2, 0) is 4.74 Å². The van der Waals surface area contributed by atoms with E-state index >= 15 is 0 Å². The molecule has 4 heteroatoms. The number of nitriles is 1. The molecule has 3 atom stereocenters. The molecule has 1 aliphatic carbocycles. The molecule has 17 heavy (non-hydrogen) atoms. The van der Waals surface area contributed by atoms with E-state index < -0.39 is 5.54 Å². The molecule has 0 radical (unpaired) electrons. The van der Waals surface area contributed by atoms with E-state index in [2.05, 4.69) is 30.1 Å². The van der Waals surface area contributed by atoms with Crippen LogP contribution >= 0.6 is 0 Å². The first-order valence-electron chi connectivity index (χ1n) is 6.57. The molecule has 0 spiro atoms. The van der Waals surface area contributed by atoms with Gasteiger partial charge in [-0.15, -0.1) is 0 Å². The van der Waals surface area contributed by atoms with E-state index in [1.165, 1.54) is 12.8 Å². The van der Waals surface area contributed by atoms with E-state index in [0.717, 1.165) is 19.6 Å². The SMILES string of the molecule is C[C@@H]1CN(CC(C)(C#N)NC2CC2)C[C@H](C)O1. The van der Waals surface area contributed by atoms with Gasteiger partial charge in [-0.3, -0.25) is 10.2 Å². The molecule has 0 bridgehead atoms. The van der Waals surface area contributed by atoms with Crippen LogP contribution in [0.2, 0.25) is 0 Å². The van der Waals surface area contributed by atoms with Crippen molar-refractivity contribution in [3.8, 4) is 6.07 Å². The van der Waals surface area contributed by atoms with E-state index in [0.29, 0.717) is 6.04 Å². The second-order valence-corrected chi connectivity index (χ2v) is 5.81. The molecular weight excluding hydrogens is 214 g/mol. The maximum Gasteiger partial charge on any atom is 0.116 e. The summed E-state index contributed by atoms with van der Waals surface area (Å²) in [4.78, 5) is 2.34. The Hall–Kier alpha value is -0.630. The predicted octanol–water partition coefficient (Wildman–Crippen LogP) is 1.13. The molecule has 4 nitrogen and oxygen atoms in total. The van der Waals surface area contributed by atoms with Gasteiger partial charge in [-0.2, -0.15) is 5.26 Å². The van der Waals surface area contributed by atoms with Crippen LogP contribution in [0.4, 0.5) is 0 Å². The van der Waals surface area contributed by atoms with Gasteiger partial charge in [0.1, 0.15) is 5.54 Å². The summed E-state index contributed by atoms with van der Waals surface area (Å²) >= 11 is 0. The molecule has 1 heterocycles.